The summed E-state index contributed by atoms with van der Waals surface area (Å²) in [5, 5.41) is 10.5. The molecule has 0 spiro atoms. The van der Waals surface area contributed by atoms with Gasteiger partial charge in [-0.15, -0.1) is 10.2 Å². The molecular weight excluding hydrogens is 220 g/mol. The molecule has 0 aliphatic carbocycles. The fraction of sp³-hybridized carbons (Fsp3) is 0.182. The van der Waals surface area contributed by atoms with Gasteiger partial charge in [-0.25, -0.2) is 0 Å². The van der Waals surface area contributed by atoms with Crippen LogP contribution in [0.2, 0.25) is 0 Å². The van der Waals surface area contributed by atoms with E-state index in [-0.39, 0.29) is 5.82 Å². The van der Waals surface area contributed by atoms with E-state index >= 15 is 0 Å². The summed E-state index contributed by atoms with van der Waals surface area (Å²) in [6, 6.07) is 7.34. The highest BCUT2D eigenvalue weighted by atomic mass is 16.5. The second-order valence-corrected chi connectivity index (χ2v) is 3.26. The first-order valence-electron chi connectivity index (χ1n) is 5.03. The minimum Gasteiger partial charge on any atom is -0.495 e. The van der Waals surface area contributed by atoms with Crippen molar-refractivity contribution in [1.82, 2.24) is 14.8 Å². The fourth-order valence-electron chi connectivity index (χ4n) is 1.59. The van der Waals surface area contributed by atoms with Gasteiger partial charge in [0.15, 0.2) is 6.29 Å². The van der Waals surface area contributed by atoms with Crippen molar-refractivity contribution in [3.63, 3.8) is 0 Å². The van der Waals surface area contributed by atoms with Crippen molar-refractivity contribution in [3.05, 3.63) is 30.1 Å². The number of nitrogens with one attached hydrogen (secondary N) is 1. The number of rotatable bonds is 4. The first kappa shape index (κ1) is 11.1. The van der Waals surface area contributed by atoms with Crippen LogP contribution in [0.15, 0.2) is 24.3 Å². The molecule has 0 atom stereocenters. The molecule has 0 saturated heterocycles. The maximum atomic E-state index is 10.9. The number of aldehydes is 1. The predicted octanol–water partition coefficient (Wildman–Crippen LogP) is 1.13. The smallest absolute Gasteiger partial charge is 0.229 e. The Balaban J connectivity index is 2.66. The molecule has 1 aromatic carbocycles. The lowest BCUT2D eigenvalue weighted by Gasteiger charge is -2.11. The molecule has 1 aromatic heterocycles. The van der Waals surface area contributed by atoms with Crippen LogP contribution >= 0.6 is 0 Å². The third-order valence-electron chi connectivity index (χ3n) is 2.34. The van der Waals surface area contributed by atoms with Crippen molar-refractivity contribution in [2.75, 3.05) is 19.5 Å². The van der Waals surface area contributed by atoms with Gasteiger partial charge in [0, 0.05) is 7.05 Å². The average molecular weight is 232 g/mol. The quantitative estimate of drug-likeness (QED) is 0.800. The molecule has 0 aliphatic rings. The van der Waals surface area contributed by atoms with Crippen LogP contribution < -0.4 is 10.1 Å². The van der Waals surface area contributed by atoms with Crippen molar-refractivity contribution in [1.29, 1.82) is 0 Å². The van der Waals surface area contributed by atoms with Gasteiger partial charge in [-0.05, 0) is 12.1 Å². The van der Waals surface area contributed by atoms with Gasteiger partial charge in [-0.2, -0.15) is 0 Å². The van der Waals surface area contributed by atoms with Gasteiger partial charge < -0.3 is 10.1 Å². The van der Waals surface area contributed by atoms with Crippen LogP contribution in [-0.2, 0) is 0 Å². The molecule has 0 amide bonds. The number of ether oxygens (including phenoxy) is 1. The molecule has 6 nitrogen and oxygen atoms in total. The summed E-state index contributed by atoms with van der Waals surface area (Å²) in [6.07, 6.45) is 0.653. The van der Waals surface area contributed by atoms with Crippen molar-refractivity contribution in [2.45, 2.75) is 0 Å². The van der Waals surface area contributed by atoms with Crippen molar-refractivity contribution in [2.24, 2.45) is 0 Å². The van der Waals surface area contributed by atoms with Crippen molar-refractivity contribution in [3.8, 4) is 11.4 Å². The Labute approximate surface area is 98.2 Å². The number of anilines is 1. The number of carbonyl (C=O) groups excluding carboxylic acids is 1. The highest BCUT2D eigenvalue weighted by Crippen LogP contribution is 2.25. The van der Waals surface area contributed by atoms with Crippen LogP contribution in [0.25, 0.3) is 5.69 Å². The van der Waals surface area contributed by atoms with Crippen molar-refractivity contribution >= 4 is 12.2 Å². The molecule has 17 heavy (non-hydrogen) atoms. The number of para-hydroxylation sites is 2. The van der Waals surface area contributed by atoms with Crippen molar-refractivity contribution < 1.29 is 9.53 Å². The van der Waals surface area contributed by atoms with E-state index in [1.807, 2.05) is 24.3 Å². The number of benzene rings is 1. The molecule has 2 rings (SSSR count). The first-order valence-corrected chi connectivity index (χ1v) is 5.03. The summed E-state index contributed by atoms with van der Waals surface area (Å²) < 4.78 is 6.85. The Morgan fingerprint density at radius 3 is 2.76 bits per heavy atom. The first-order chi connectivity index (χ1) is 8.31. The number of carbonyl (C=O) groups is 1. The van der Waals surface area contributed by atoms with E-state index in [1.165, 1.54) is 0 Å². The second kappa shape index (κ2) is 4.65. The summed E-state index contributed by atoms with van der Waals surface area (Å²) >= 11 is 0. The summed E-state index contributed by atoms with van der Waals surface area (Å²) in [5.74, 6) is 1.35. The number of aromatic nitrogens is 3. The number of methoxy groups -OCH3 is 1. The zero-order valence-electron chi connectivity index (χ0n) is 9.54. The molecule has 88 valence electrons. The van der Waals surface area contributed by atoms with Crippen LogP contribution in [0.3, 0.4) is 0 Å². The molecule has 2 aromatic rings. The Bertz CT molecular complexity index is 536. The molecular formula is C11H12N4O2. The highest BCUT2D eigenvalue weighted by molar-refractivity contribution is 5.72. The Hall–Kier alpha value is -2.37. The molecule has 6 heteroatoms. The van der Waals surface area contributed by atoms with Crippen LogP contribution in [-0.4, -0.2) is 35.2 Å². The van der Waals surface area contributed by atoms with E-state index < -0.39 is 0 Å². The lowest BCUT2D eigenvalue weighted by molar-refractivity contribution is 0.111. The van der Waals surface area contributed by atoms with E-state index in [0.717, 1.165) is 0 Å². The minimum absolute atomic E-state index is 0.221. The van der Waals surface area contributed by atoms with Gasteiger partial charge >= 0.3 is 0 Å². The summed E-state index contributed by atoms with van der Waals surface area (Å²) in [6.45, 7) is 0. The second-order valence-electron chi connectivity index (χ2n) is 3.26. The summed E-state index contributed by atoms with van der Waals surface area (Å²) in [4.78, 5) is 10.9. The van der Waals surface area contributed by atoms with Gasteiger partial charge in [0.2, 0.25) is 11.8 Å². The van der Waals surface area contributed by atoms with Gasteiger partial charge in [0.05, 0.1) is 12.8 Å². The Morgan fingerprint density at radius 2 is 2.12 bits per heavy atom. The zero-order valence-corrected chi connectivity index (χ0v) is 9.54. The van der Waals surface area contributed by atoms with Gasteiger partial charge in [0.1, 0.15) is 5.75 Å². The van der Waals surface area contributed by atoms with E-state index in [1.54, 1.807) is 18.7 Å². The molecule has 0 aliphatic heterocycles. The standard InChI is InChI=1S/C11H12N4O2/c1-12-11-14-13-10(7-16)15(11)8-5-3-4-6-9(8)17-2/h3-7H,1-2H3,(H,12,14). The third-order valence-corrected chi connectivity index (χ3v) is 2.34. The molecule has 0 fully saturated rings. The average Bonchev–Trinajstić information content (AvgIpc) is 2.81. The molecule has 0 radical (unpaired) electrons. The zero-order chi connectivity index (χ0) is 12.3. The maximum absolute atomic E-state index is 10.9. The van der Waals surface area contributed by atoms with Crippen LogP contribution in [0.5, 0.6) is 5.75 Å². The Morgan fingerprint density at radius 1 is 1.35 bits per heavy atom. The van der Waals surface area contributed by atoms with Gasteiger partial charge in [0.25, 0.3) is 0 Å². The molecule has 1 heterocycles. The van der Waals surface area contributed by atoms with E-state index in [2.05, 4.69) is 15.5 Å². The molecule has 0 saturated carbocycles. The fourth-order valence-corrected chi connectivity index (χ4v) is 1.59. The number of nitrogens with zero attached hydrogens (tertiary/aromatic N) is 3. The SMILES string of the molecule is CNc1nnc(C=O)n1-c1ccccc1OC. The highest BCUT2D eigenvalue weighted by Gasteiger charge is 2.15. The number of hydrogen-bond acceptors (Lipinski definition) is 5. The largest absolute Gasteiger partial charge is 0.495 e. The van der Waals surface area contributed by atoms with Crippen LogP contribution in [0.4, 0.5) is 5.95 Å². The monoisotopic (exact) mass is 232 g/mol. The topological polar surface area (TPSA) is 69.0 Å². The molecule has 1 N–H and O–H groups in total. The number of hydrogen-bond donors (Lipinski definition) is 1. The van der Waals surface area contributed by atoms with E-state index in [4.69, 9.17) is 4.74 Å². The minimum atomic E-state index is 0.221. The third kappa shape index (κ3) is 1.84. The molecule has 0 bridgehead atoms. The van der Waals surface area contributed by atoms with E-state index in [9.17, 15) is 4.79 Å². The van der Waals surface area contributed by atoms with E-state index in [0.29, 0.717) is 23.7 Å². The summed E-state index contributed by atoms with van der Waals surface area (Å²) in [7, 11) is 3.29. The van der Waals surface area contributed by atoms with Gasteiger partial charge in [-0.1, -0.05) is 12.1 Å². The van der Waals surface area contributed by atoms with Crippen LogP contribution in [0.1, 0.15) is 10.6 Å². The maximum Gasteiger partial charge on any atom is 0.229 e. The van der Waals surface area contributed by atoms with Crippen LogP contribution in [0, 0.1) is 0 Å². The Kier molecular flexibility index (Phi) is 3.04. The van der Waals surface area contributed by atoms with Gasteiger partial charge in [-0.3, -0.25) is 9.36 Å². The summed E-state index contributed by atoms with van der Waals surface area (Å²) in [5.41, 5.74) is 0.714. The lowest BCUT2D eigenvalue weighted by atomic mass is 10.3. The predicted molar refractivity (Wildman–Crippen MR) is 62.8 cm³/mol. The molecule has 0 unspecified atom stereocenters. The normalized spacial score (nSPS) is 10.0. The lowest BCUT2D eigenvalue weighted by Crippen LogP contribution is -2.06.